The van der Waals surface area contributed by atoms with E-state index in [-0.39, 0.29) is 19.6 Å². The average Bonchev–Trinajstić information content (AvgIpc) is 2.94. The van der Waals surface area contributed by atoms with Crippen LogP contribution in [-0.2, 0) is 22.7 Å². The maximum absolute atomic E-state index is 12.9. The number of benzene rings is 1. The largest absolute Gasteiger partial charge is 0.481 e. The number of piperidine rings is 1. The molecule has 39 heavy (non-hydrogen) atoms. The maximum Gasteiger partial charge on any atom is 0.407 e. The first-order chi connectivity index (χ1) is 18.9. The lowest BCUT2D eigenvalue weighted by atomic mass is 9.96. The predicted molar refractivity (Wildman–Crippen MR) is 147 cm³/mol. The molecule has 3 aromatic rings. The number of hydrogen-bond acceptors (Lipinski definition) is 8. The van der Waals surface area contributed by atoms with E-state index < -0.39 is 23.8 Å². The first kappa shape index (κ1) is 27.6. The highest BCUT2D eigenvalue weighted by atomic mass is 16.5. The van der Waals surface area contributed by atoms with Gasteiger partial charge in [-0.25, -0.2) is 14.6 Å². The van der Waals surface area contributed by atoms with Gasteiger partial charge in [-0.3, -0.25) is 9.36 Å². The number of carboxylic acids is 1. The molecule has 0 radical (unpaired) electrons. The van der Waals surface area contributed by atoms with Gasteiger partial charge in [-0.15, -0.1) is 0 Å². The number of aliphatic carboxylic acids is 1. The number of ether oxygens (including phenoxy) is 1. The fourth-order valence-corrected chi connectivity index (χ4v) is 4.65. The summed E-state index contributed by atoms with van der Waals surface area (Å²) in [5.74, 6) is 0.894. The minimum Gasteiger partial charge on any atom is -0.481 e. The van der Waals surface area contributed by atoms with Gasteiger partial charge in [-0.2, -0.15) is 4.98 Å². The number of amides is 1. The Morgan fingerprint density at radius 1 is 1.13 bits per heavy atom. The third kappa shape index (κ3) is 8.29. The molecular formula is C28H34N6O5. The zero-order valence-corrected chi connectivity index (χ0v) is 22.0. The monoisotopic (exact) mass is 534 g/mol. The molecule has 1 aliphatic heterocycles. The van der Waals surface area contributed by atoms with Crippen LogP contribution < -0.4 is 21.2 Å². The van der Waals surface area contributed by atoms with Gasteiger partial charge in [0, 0.05) is 44.1 Å². The van der Waals surface area contributed by atoms with Gasteiger partial charge >= 0.3 is 17.8 Å². The first-order valence-electron chi connectivity index (χ1n) is 13.0. The number of carbonyl (C=O) groups excluding carboxylic acids is 1. The van der Waals surface area contributed by atoms with Crippen molar-refractivity contribution in [2.24, 2.45) is 5.92 Å². The van der Waals surface area contributed by atoms with Crippen molar-refractivity contribution >= 4 is 23.7 Å². The third-order valence-corrected chi connectivity index (χ3v) is 6.67. The topological polar surface area (TPSA) is 139 Å². The zero-order chi connectivity index (χ0) is 27.6. The number of aryl methyl sites for hydroxylation is 1. The van der Waals surface area contributed by atoms with E-state index in [1.807, 2.05) is 55.5 Å². The van der Waals surface area contributed by atoms with Gasteiger partial charge in [-0.05, 0) is 43.4 Å². The summed E-state index contributed by atoms with van der Waals surface area (Å²) in [6.07, 6.45) is 4.23. The van der Waals surface area contributed by atoms with E-state index in [0.29, 0.717) is 11.7 Å². The molecular weight excluding hydrogens is 500 g/mol. The van der Waals surface area contributed by atoms with Gasteiger partial charge in [0.05, 0.1) is 12.5 Å². The van der Waals surface area contributed by atoms with Gasteiger partial charge in [0.15, 0.2) is 0 Å². The van der Waals surface area contributed by atoms with E-state index in [9.17, 15) is 19.5 Å². The quantitative estimate of drug-likeness (QED) is 0.339. The molecule has 206 valence electrons. The van der Waals surface area contributed by atoms with Crippen LogP contribution in [0.15, 0.2) is 65.7 Å². The standard InChI is InChI=1S/C28H34N6O5/c1-20-17-34(18-23(15-25(35)36)31-28(38)39-19-22-7-3-2-4-8-22)27(37)32-26(20)33-13-10-21(11-14-33)16-30-24-9-5-6-12-29-24/h2-9,12,17,21,23H,10-11,13-16,18-19H2,1H3,(H,29,30)(H,31,38)(H,35,36). The summed E-state index contributed by atoms with van der Waals surface area (Å²) in [5, 5.41) is 15.3. The Hall–Kier alpha value is -4.41. The molecule has 11 nitrogen and oxygen atoms in total. The predicted octanol–water partition coefficient (Wildman–Crippen LogP) is 3.04. The number of hydrogen-bond donors (Lipinski definition) is 3. The number of nitrogens with zero attached hydrogens (tertiary/aromatic N) is 4. The molecule has 0 saturated carbocycles. The summed E-state index contributed by atoms with van der Waals surface area (Å²) in [6.45, 7) is 4.29. The molecule has 1 atom stereocenters. The second-order valence-corrected chi connectivity index (χ2v) is 9.71. The highest BCUT2D eigenvalue weighted by Crippen LogP contribution is 2.24. The number of aromatic nitrogens is 3. The fourth-order valence-electron chi connectivity index (χ4n) is 4.65. The minimum atomic E-state index is -1.10. The molecule has 4 rings (SSSR count). The van der Waals surface area contributed by atoms with Crippen LogP contribution in [0.3, 0.4) is 0 Å². The molecule has 2 aromatic heterocycles. The van der Waals surface area contributed by atoms with Crippen LogP contribution in [0.1, 0.15) is 30.4 Å². The Balaban J connectivity index is 1.33. The summed E-state index contributed by atoms with van der Waals surface area (Å²) in [7, 11) is 0. The molecule has 0 aliphatic carbocycles. The van der Waals surface area contributed by atoms with E-state index in [1.165, 1.54) is 4.57 Å². The van der Waals surface area contributed by atoms with Crippen molar-refractivity contribution < 1.29 is 19.4 Å². The Kier molecular flexibility index (Phi) is 9.49. The number of carbonyl (C=O) groups is 2. The number of carboxylic acid groups (broad SMARTS) is 1. The van der Waals surface area contributed by atoms with Crippen molar-refractivity contribution in [1.82, 2.24) is 19.9 Å². The van der Waals surface area contributed by atoms with Gasteiger partial charge in [0.1, 0.15) is 18.2 Å². The summed E-state index contributed by atoms with van der Waals surface area (Å²) < 4.78 is 6.56. The Labute approximate surface area is 226 Å². The summed E-state index contributed by atoms with van der Waals surface area (Å²) >= 11 is 0. The summed E-state index contributed by atoms with van der Waals surface area (Å²) in [4.78, 5) is 47.4. The first-order valence-corrected chi connectivity index (χ1v) is 13.0. The molecule has 3 N–H and O–H groups in total. The molecule has 3 heterocycles. The smallest absolute Gasteiger partial charge is 0.407 e. The third-order valence-electron chi connectivity index (χ3n) is 6.67. The van der Waals surface area contributed by atoms with E-state index in [2.05, 4.69) is 25.5 Å². The summed E-state index contributed by atoms with van der Waals surface area (Å²) in [5.41, 5.74) is 1.12. The van der Waals surface area contributed by atoms with Crippen LogP contribution in [0.4, 0.5) is 16.4 Å². The van der Waals surface area contributed by atoms with E-state index in [1.54, 1.807) is 12.4 Å². The van der Waals surface area contributed by atoms with Gasteiger partial charge < -0.3 is 25.4 Å². The van der Waals surface area contributed by atoms with Crippen molar-refractivity contribution in [3.63, 3.8) is 0 Å². The zero-order valence-electron chi connectivity index (χ0n) is 22.0. The van der Waals surface area contributed by atoms with Gasteiger partial charge in [0.25, 0.3) is 0 Å². The highest BCUT2D eigenvalue weighted by Gasteiger charge is 2.23. The van der Waals surface area contributed by atoms with E-state index >= 15 is 0 Å². The van der Waals surface area contributed by atoms with Crippen LogP contribution in [0, 0.1) is 12.8 Å². The molecule has 0 spiro atoms. The number of anilines is 2. The van der Waals surface area contributed by atoms with Crippen LogP contribution in [-0.4, -0.2) is 57.4 Å². The Morgan fingerprint density at radius 3 is 2.56 bits per heavy atom. The number of pyridine rings is 1. The molecule has 1 unspecified atom stereocenters. The average molecular weight is 535 g/mol. The lowest BCUT2D eigenvalue weighted by Gasteiger charge is -2.33. The van der Waals surface area contributed by atoms with Crippen LogP contribution in [0.25, 0.3) is 0 Å². The molecule has 1 saturated heterocycles. The Bertz CT molecular complexity index is 1290. The van der Waals surface area contributed by atoms with Crippen molar-refractivity contribution in [2.75, 3.05) is 29.9 Å². The molecule has 1 fully saturated rings. The van der Waals surface area contributed by atoms with Gasteiger partial charge in [-0.1, -0.05) is 36.4 Å². The lowest BCUT2D eigenvalue weighted by molar-refractivity contribution is -0.137. The van der Waals surface area contributed by atoms with Crippen molar-refractivity contribution in [3.8, 4) is 0 Å². The number of nitrogens with one attached hydrogen (secondary N) is 2. The second-order valence-electron chi connectivity index (χ2n) is 9.71. The summed E-state index contributed by atoms with van der Waals surface area (Å²) in [6, 6.07) is 14.1. The van der Waals surface area contributed by atoms with E-state index in [0.717, 1.165) is 49.4 Å². The SMILES string of the molecule is Cc1cn(CC(CC(=O)O)NC(=O)OCc2ccccc2)c(=O)nc1N1CCC(CNc2ccccn2)CC1. The number of alkyl carbamates (subject to hydrolysis) is 1. The van der Waals surface area contributed by atoms with Gasteiger partial charge in [0.2, 0.25) is 0 Å². The molecule has 1 aliphatic rings. The van der Waals surface area contributed by atoms with Crippen molar-refractivity contribution in [2.45, 2.75) is 45.4 Å². The van der Waals surface area contributed by atoms with Crippen molar-refractivity contribution in [3.05, 3.63) is 82.5 Å². The van der Waals surface area contributed by atoms with Crippen molar-refractivity contribution in [1.29, 1.82) is 0 Å². The highest BCUT2D eigenvalue weighted by molar-refractivity contribution is 5.71. The van der Waals surface area contributed by atoms with Crippen LogP contribution in [0.2, 0.25) is 0 Å². The molecule has 1 amide bonds. The molecule has 0 bridgehead atoms. The molecule has 1 aromatic carbocycles. The maximum atomic E-state index is 12.9. The van der Waals surface area contributed by atoms with Crippen LogP contribution >= 0.6 is 0 Å². The fraction of sp³-hybridized carbons (Fsp3) is 0.393. The second kappa shape index (κ2) is 13.4. The Morgan fingerprint density at radius 2 is 1.87 bits per heavy atom. The minimum absolute atomic E-state index is 0.0407. The lowest BCUT2D eigenvalue weighted by Crippen LogP contribution is -2.43. The van der Waals surface area contributed by atoms with E-state index in [4.69, 9.17) is 4.74 Å². The number of rotatable bonds is 11. The molecule has 11 heteroatoms. The van der Waals surface area contributed by atoms with Crippen LogP contribution in [0.5, 0.6) is 0 Å². The normalized spacial score (nSPS) is 14.4.